The number of allylic oxidation sites excluding steroid dienone is 1. The monoisotopic (exact) mass is 344 g/mol. The smallest absolute Gasteiger partial charge is 0.149 e. The van der Waals surface area contributed by atoms with Gasteiger partial charge in [-0.1, -0.05) is 58.3 Å². The maximum atomic E-state index is 9.92. The van der Waals surface area contributed by atoms with E-state index in [9.17, 15) is 10.2 Å². The maximum Gasteiger partial charge on any atom is 0.149 e. The second kappa shape index (κ2) is 13.6. The molecule has 5 heteroatoms. The molecule has 0 aromatic heterocycles. The van der Waals surface area contributed by atoms with Crippen molar-refractivity contribution in [2.45, 2.75) is 95.5 Å². The summed E-state index contributed by atoms with van der Waals surface area (Å²) in [7, 11) is 0. The standard InChI is InChI=1S/C19H36O5/c1-2-3-4-5-6-7-8-9-10-11-12-13-23-17-15-24-16(14-20)18(21)19(17)22/h12-13,16-22H,2-11,14-15H2,1H3/b13-12+/t16-,17+,18-,19-/m1/s1. The van der Waals surface area contributed by atoms with Gasteiger partial charge in [-0.15, -0.1) is 0 Å². The summed E-state index contributed by atoms with van der Waals surface area (Å²) in [4.78, 5) is 0. The highest BCUT2D eigenvalue weighted by Crippen LogP contribution is 2.18. The molecule has 0 radical (unpaired) electrons. The van der Waals surface area contributed by atoms with Crippen LogP contribution in [0.15, 0.2) is 12.3 Å². The fourth-order valence-corrected chi connectivity index (χ4v) is 2.93. The van der Waals surface area contributed by atoms with Crippen LogP contribution >= 0.6 is 0 Å². The van der Waals surface area contributed by atoms with Crippen LogP contribution in [0.1, 0.15) is 71.1 Å². The zero-order chi connectivity index (χ0) is 17.6. The van der Waals surface area contributed by atoms with Gasteiger partial charge in [-0.2, -0.15) is 0 Å². The highest BCUT2D eigenvalue weighted by molar-refractivity contribution is 4.89. The zero-order valence-corrected chi connectivity index (χ0v) is 15.1. The summed E-state index contributed by atoms with van der Waals surface area (Å²) >= 11 is 0. The molecular formula is C19H36O5. The van der Waals surface area contributed by atoms with Gasteiger partial charge < -0.3 is 24.8 Å². The van der Waals surface area contributed by atoms with Crippen molar-refractivity contribution in [1.82, 2.24) is 0 Å². The number of rotatable bonds is 13. The van der Waals surface area contributed by atoms with E-state index in [2.05, 4.69) is 6.92 Å². The first kappa shape index (κ1) is 21.4. The first-order chi connectivity index (χ1) is 11.7. The van der Waals surface area contributed by atoms with Crippen LogP contribution < -0.4 is 0 Å². The minimum Gasteiger partial charge on any atom is -0.493 e. The van der Waals surface area contributed by atoms with Gasteiger partial charge in [0.1, 0.15) is 24.4 Å². The summed E-state index contributed by atoms with van der Waals surface area (Å²) < 4.78 is 10.7. The van der Waals surface area contributed by atoms with Crippen molar-refractivity contribution in [1.29, 1.82) is 0 Å². The van der Waals surface area contributed by atoms with Crippen molar-refractivity contribution in [2.75, 3.05) is 13.2 Å². The number of aliphatic hydroxyl groups excluding tert-OH is 3. The van der Waals surface area contributed by atoms with Gasteiger partial charge in [0.15, 0.2) is 0 Å². The number of aliphatic hydroxyl groups is 3. The van der Waals surface area contributed by atoms with Gasteiger partial charge in [0.05, 0.1) is 19.5 Å². The van der Waals surface area contributed by atoms with Crippen LogP contribution in [0.3, 0.4) is 0 Å². The predicted octanol–water partition coefficient (Wildman–Crippen LogP) is 2.92. The molecule has 1 fully saturated rings. The molecule has 4 atom stereocenters. The molecule has 24 heavy (non-hydrogen) atoms. The molecule has 0 amide bonds. The fourth-order valence-electron chi connectivity index (χ4n) is 2.93. The highest BCUT2D eigenvalue weighted by atomic mass is 16.6. The lowest BCUT2D eigenvalue weighted by Gasteiger charge is -2.36. The first-order valence-corrected chi connectivity index (χ1v) is 9.59. The van der Waals surface area contributed by atoms with Crippen LogP contribution in [-0.2, 0) is 9.47 Å². The van der Waals surface area contributed by atoms with Gasteiger partial charge in [-0.3, -0.25) is 0 Å². The molecule has 0 aromatic rings. The van der Waals surface area contributed by atoms with Crippen LogP contribution in [0.5, 0.6) is 0 Å². The lowest BCUT2D eigenvalue weighted by Crippen LogP contribution is -2.54. The molecule has 0 saturated carbocycles. The molecule has 0 spiro atoms. The summed E-state index contributed by atoms with van der Waals surface area (Å²) in [5, 5.41) is 28.7. The number of hydrogen-bond acceptors (Lipinski definition) is 5. The second-order valence-electron chi connectivity index (χ2n) is 6.70. The summed E-state index contributed by atoms with van der Waals surface area (Å²) in [5.74, 6) is 0. The molecule has 3 N–H and O–H groups in total. The topological polar surface area (TPSA) is 79.2 Å². The molecule has 1 aliphatic heterocycles. The van der Waals surface area contributed by atoms with Crippen LogP contribution in [-0.4, -0.2) is 52.9 Å². The lowest BCUT2D eigenvalue weighted by molar-refractivity contribution is -0.196. The molecule has 1 aliphatic rings. The third-order valence-electron chi connectivity index (χ3n) is 4.59. The van der Waals surface area contributed by atoms with Crippen LogP contribution in [0.4, 0.5) is 0 Å². The first-order valence-electron chi connectivity index (χ1n) is 9.59. The Labute approximate surface area is 146 Å². The largest absolute Gasteiger partial charge is 0.493 e. The summed E-state index contributed by atoms with van der Waals surface area (Å²) in [6.07, 6.45) is 12.8. The van der Waals surface area contributed by atoms with Crippen LogP contribution in [0.25, 0.3) is 0 Å². The Kier molecular flexibility index (Phi) is 12.2. The Morgan fingerprint density at radius 1 is 0.958 bits per heavy atom. The third kappa shape index (κ3) is 8.47. The second-order valence-corrected chi connectivity index (χ2v) is 6.70. The molecule has 0 aliphatic carbocycles. The Bertz CT molecular complexity index is 321. The summed E-state index contributed by atoms with van der Waals surface area (Å²) in [6.45, 7) is 2.11. The Hall–Kier alpha value is -0.620. The minimum absolute atomic E-state index is 0.172. The Balaban J connectivity index is 1.98. The lowest BCUT2D eigenvalue weighted by atomic mass is 10.0. The Morgan fingerprint density at radius 2 is 1.58 bits per heavy atom. The molecule has 0 aromatic carbocycles. The maximum absolute atomic E-state index is 9.92. The summed E-state index contributed by atoms with van der Waals surface area (Å²) in [5.41, 5.74) is 0. The van der Waals surface area contributed by atoms with E-state index in [1.807, 2.05) is 6.08 Å². The highest BCUT2D eigenvalue weighted by Gasteiger charge is 2.38. The predicted molar refractivity (Wildman–Crippen MR) is 94.7 cm³/mol. The van der Waals surface area contributed by atoms with E-state index < -0.39 is 24.4 Å². The van der Waals surface area contributed by atoms with E-state index in [1.165, 1.54) is 51.4 Å². The van der Waals surface area contributed by atoms with Crippen LogP contribution in [0, 0.1) is 0 Å². The third-order valence-corrected chi connectivity index (χ3v) is 4.59. The number of ether oxygens (including phenoxy) is 2. The van der Waals surface area contributed by atoms with Gasteiger partial charge in [0.25, 0.3) is 0 Å². The minimum atomic E-state index is -1.11. The quantitative estimate of drug-likeness (QED) is 0.354. The molecule has 142 valence electrons. The van der Waals surface area contributed by atoms with Gasteiger partial charge in [0.2, 0.25) is 0 Å². The van der Waals surface area contributed by atoms with Crippen molar-refractivity contribution in [3.8, 4) is 0 Å². The normalized spacial score (nSPS) is 27.7. The number of hydrogen-bond donors (Lipinski definition) is 3. The average Bonchev–Trinajstić information content (AvgIpc) is 2.59. The van der Waals surface area contributed by atoms with Gasteiger partial charge >= 0.3 is 0 Å². The van der Waals surface area contributed by atoms with E-state index in [-0.39, 0.29) is 13.2 Å². The van der Waals surface area contributed by atoms with Crippen molar-refractivity contribution >= 4 is 0 Å². The SMILES string of the molecule is CCCCCCCCCCC/C=C/O[C@H]1CO[C@H](CO)[C@@H](O)[C@@H]1O. The van der Waals surface area contributed by atoms with Crippen molar-refractivity contribution in [3.05, 3.63) is 12.3 Å². The van der Waals surface area contributed by atoms with Crippen molar-refractivity contribution in [3.63, 3.8) is 0 Å². The van der Waals surface area contributed by atoms with Crippen LogP contribution in [0.2, 0.25) is 0 Å². The molecule has 1 saturated heterocycles. The van der Waals surface area contributed by atoms with E-state index in [0.717, 1.165) is 12.8 Å². The van der Waals surface area contributed by atoms with E-state index in [0.29, 0.717) is 0 Å². The average molecular weight is 344 g/mol. The molecular weight excluding hydrogens is 308 g/mol. The van der Waals surface area contributed by atoms with Gasteiger partial charge in [-0.05, 0) is 18.9 Å². The number of unbranched alkanes of at least 4 members (excludes halogenated alkanes) is 9. The zero-order valence-electron chi connectivity index (χ0n) is 15.1. The van der Waals surface area contributed by atoms with Crippen molar-refractivity contribution in [2.24, 2.45) is 0 Å². The van der Waals surface area contributed by atoms with Crippen molar-refractivity contribution < 1.29 is 24.8 Å². The van der Waals surface area contributed by atoms with E-state index >= 15 is 0 Å². The Morgan fingerprint density at radius 3 is 2.21 bits per heavy atom. The van der Waals surface area contributed by atoms with Gasteiger partial charge in [-0.25, -0.2) is 0 Å². The summed E-state index contributed by atoms with van der Waals surface area (Å²) in [6, 6.07) is 0. The fraction of sp³-hybridized carbons (Fsp3) is 0.895. The van der Waals surface area contributed by atoms with Gasteiger partial charge in [0, 0.05) is 0 Å². The molecule has 1 rings (SSSR count). The molecule has 0 bridgehead atoms. The molecule has 5 nitrogen and oxygen atoms in total. The molecule has 0 unspecified atom stereocenters. The molecule has 1 heterocycles. The van der Waals surface area contributed by atoms with E-state index in [1.54, 1.807) is 6.26 Å². The van der Waals surface area contributed by atoms with E-state index in [4.69, 9.17) is 14.6 Å².